The number of aromatic nitrogens is 3. The van der Waals surface area contributed by atoms with Gasteiger partial charge in [-0.3, -0.25) is 19.9 Å². The Balaban J connectivity index is 3.03. The van der Waals surface area contributed by atoms with Crippen LogP contribution in [0.25, 0.3) is 0 Å². The van der Waals surface area contributed by atoms with Gasteiger partial charge in [0, 0.05) is 12.4 Å². The van der Waals surface area contributed by atoms with Crippen LogP contribution in [0.1, 0.15) is 13.3 Å². The molecule has 0 fully saturated rings. The summed E-state index contributed by atoms with van der Waals surface area (Å²) in [5.74, 6) is 2.91. The van der Waals surface area contributed by atoms with Crippen LogP contribution in [0, 0.1) is 0 Å². The molecule has 0 aliphatic heterocycles. The second-order valence-electron chi connectivity index (χ2n) is 4.51. The van der Waals surface area contributed by atoms with Crippen LogP contribution < -0.4 is 11.3 Å². The number of nitrogens with one attached hydrogen (secondary N) is 1. The zero-order valence-corrected chi connectivity index (χ0v) is 12.4. The van der Waals surface area contributed by atoms with Crippen LogP contribution in [-0.2, 0) is 27.2 Å². The van der Waals surface area contributed by atoms with Crippen LogP contribution >= 0.6 is 0 Å². The Bertz CT molecular complexity index is 576. The van der Waals surface area contributed by atoms with Gasteiger partial charge in [-0.1, -0.05) is 5.21 Å². The molecule has 1 unspecified atom stereocenters. The van der Waals surface area contributed by atoms with Crippen LogP contribution in [0.15, 0.2) is 17.4 Å². The first-order chi connectivity index (χ1) is 10.3. The average Bonchev–Trinajstić information content (AvgIpc) is 2.95. The van der Waals surface area contributed by atoms with Gasteiger partial charge in [-0.25, -0.2) is 14.8 Å². The Labute approximate surface area is 127 Å². The summed E-state index contributed by atoms with van der Waals surface area (Å²) >= 11 is -2.53. The number of aliphatic imine (C=N–C) groups is 1. The minimum atomic E-state index is -2.53. The number of carbonyl (C=O) groups is 2. The van der Waals surface area contributed by atoms with Gasteiger partial charge in [-0.15, -0.1) is 5.10 Å². The second kappa shape index (κ2) is 7.72. The number of nitrogens with zero attached hydrogens (tertiary/aromatic N) is 4. The highest BCUT2D eigenvalue weighted by Crippen LogP contribution is 2.23. The lowest BCUT2D eigenvalue weighted by atomic mass is 10.0. The van der Waals surface area contributed by atoms with Gasteiger partial charge in [0.25, 0.3) is 0 Å². The highest BCUT2D eigenvalue weighted by Gasteiger charge is 2.45. The van der Waals surface area contributed by atoms with Gasteiger partial charge in [0.15, 0.2) is 17.1 Å². The molecule has 1 aromatic rings. The monoisotopic (exact) mass is 332 g/mol. The third kappa shape index (κ3) is 4.41. The highest BCUT2D eigenvalue weighted by molar-refractivity contribution is 7.80. The number of aliphatic carboxylic acids is 1. The summed E-state index contributed by atoms with van der Waals surface area (Å²) in [5, 5.41) is 16.5. The maximum Gasteiger partial charge on any atom is 0.330 e. The molecule has 0 saturated heterocycles. The van der Waals surface area contributed by atoms with Crippen LogP contribution in [-0.4, -0.2) is 57.7 Å². The number of rotatable bonds is 8. The Morgan fingerprint density at radius 2 is 2.32 bits per heavy atom. The molecule has 0 saturated carbocycles. The SMILES string of the molecule is C[C@](Cn1ccnn1)([C@@H](N=CCC(=O)NN)C(=O)O)S(=O)O. The molecule has 0 aliphatic carbocycles. The largest absolute Gasteiger partial charge is 0.480 e. The summed E-state index contributed by atoms with van der Waals surface area (Å²) in [4.78, 5) is 26.1. The van der Waals surface area contributed by atoms with Crippen LogP contribution in [0.5, 0.6) is 0 Å². The van der Waals surface area contributed by atoms with E-state index in [0.29, 0.717) is 0 Å². The van der Waals surface area contributed by atoms with Gasteiger partial charge in [-0.2, -0.15) is 0 Å². The Morgan fingerprint density at radius 1 is 1.64 bits per heavy atom. The molecule has 3 atom stereocenters. The van der Waals surface area contributed by atoms with Crippen LogP contribution in [0.3, 0.4) is 0 Å². The average molecular weight is 332 g/mol. The first-order valence-electron chi connectivity index (χ1n) is 6.00. The summed E-state index contributed by atoms with van der Waals surface area (Å²) in [5.41, 5.74) is 1.86. The molecule has 0 radical (unpaired) electrons. The molecule has 11 nitrogen and oxygen atoms in total. The Hall–Kier alpha value is -2.18. The fourth-order valence-electron chi connectivity index (χ4n) is 1.66. The van der Waals surface area contributed by atoms with Gasteiger partial charge >= 0.3 is 5.97 Å². The highest BCUT2D eigenvalue weighted by atomic mass is 32.2. The molecular weight excluding hydrogens is 316 g/mol. The molecule has 1 aromatic heterocycles. The Morgan fingerprint density at radius 3 is 2.77 bits per heavy atom. The summed E-state index contributed by atoms with van der Waals surface area (Å²) in [6, 6.07) is -1.56. The van der Waals surface area contributed by atoms with Crippen molar-refractivity contribution < 1.29 is 23.5 Å². The maximum atomic E-state index is 11.7. The number of carboxylic acid groups (broad SMARTS) is 1. The fourth-order valence-corrected chi connectivity index (χ4v) is 2.25. The van der Waals surface area contributed by atoms with Gasteiger partial charge in [-0.05, 0) is 6.92 Å². The fraction of sp³-hybridized carbons (Fsp3) is 0.500. The lowest BCUT2D eigenvalue weighted by Crippen LogP contribution is -2.50. The minimum Gasteiger partial charge on any atom is -0.480 e. The van der Waals surface area contributed by atoms with E-state index in [1.54, 1.807) is 0 Å². The van der Waals surface area contributed by atoms with E-state index < -0.39 is 33.7 Å². The lowest BCUT2D eigenvalue weighted by molar-refractivity contribution is -0.139. The van der Waals surface area contributed by atoms with Crippen LogP contribution in [0.4, 0.5) is 0 Å². The van der Waals surface area contributed by atoms with Crippen LogP contribution in [0.2, 0.25) is 0 Å². The van der Waals surface area contributed by atoms with Crippen molar-refractivity contribution in [3.05, 3.63) is 12.4 Å². The molecule has 0 aromatic carbocycles. The molecule has 12 heteroatoms. The predicted octanol–water partition coefficient (Wildman–Crippen LogP) is -1.84. The number of nitrogens with two attached hydrogens (primary N) is 1. The van der Waals surface area contributed by atoms with Gasteiger partial charge in [0.2, 0.25) is 5.91 Å². The standard InChI is InChI=1S/C10H16N6O5S/c1-10(22(20)21,6-16-5-4-13-15-16)8(9(18)19)12-3-2-7(17)14-11/h3-5,8H,2,6,11H2,1H3,(H,14,17)(H,18,19)(H,20,21)/t8-,10-/m0/s1. The lowest BCUT2D eigenvalue weighted by Gasteiger charge is -2.28. The summed E-state index contributed by atoms with van der Waals surface area (Å²) in [7, 11) is 0. The number of amides is 1. The third-order valence-corrected chi connectivity index (χ3v) is 4.00. The normalized spacial score (nSPS) is 16.9. The van der Waals surface area contributed by atoms with Gasteiger partial charge in [0.05, 0.1) is 19.2 Å². The van der Waals surface area contributed by atoms with E-state index in [-0.39, 0.29) is 13.0 Å². The smallest absolute Gasteiger partial charge is 0.330 e. The van der Waals surface area contributed by atoms with Crippen molar-refractivity contribution in [2.45, 2.75) is 30.7 Å². The summed E-state index contributed by atoms with van der Waals surface area (Å²) in [6.07, 6.45) is 3.56. The van der Waals surface area contributed by atoms with E-state index in [0.717, 1.165) is 6.21 Å². The molecular formula is C10H16N6O5S. The van der Waals surface area contributed by atoms with Gasteiger partial charge in [0.1, 0.15) is 4.75 Å². The molecule has 1 rings (SSSR count). The van der Waals surface area contributed by atoms with E-state index in [4.69, 9.17) is 5.84 Å². The number of hydrogen-bond acceptors (Lipinski definition) is 7. The first kappa shape index (κ1) is 17.9. The molecule has 0 aliphatic rings. The number of hydrazine groups is 1. The number of carboxylic acids is 1. The quantitative estimate of drug-likeness (QED) is 0.141. The van der Waals surface area contributed by atoms with Gasteiger partial charge < -0.3 is 9.66 Å². The second-order valence-corrected chi connectivity index (χ2v) is 5.94. The number of hydrogen-bond donors (Lipinski definition) is 4. The molecule has 1 heterocycles. The van der Waals surface area contributed by atoms with Crippen molar-refractivity contribution >= 4 is 29.2 Å². The molecule has 5 N–H and O–H groups in total. The van der Waals surface area contributed by atoms with E-state index >= 15 is 0 Å². The van der Waals surface area contributed by atoms with E-state index in [1.165, 1.54) is 24.0 Å². The van der Waals surface area contributed by atoms with Crippen molar-refractivity contribution in [2.75, 3.05) is 0 Å². The maximum absolute atomic E-state index is 11.7. The van der Waals surface area contributed by atoms with E-state index in [1.807, 2.05) is 5.43 Å². The van der Waals surface area contributed by atoms with Crippen molar-refractivity contribution in [1.29, 1.82) is 0 Å². The topological polar surface area (TPSA) is 173 Å². The van der Waals surface area contributed by atoms with E-state index in [9.17, 15) is 23.5 Å². The van der Waals surface area contributed by atoms with Crippen molar-refractivity contribution in [3.8, 4) is 0 Å². The van der Waals surface area contributed by atoms with E-state index in [2.05, 4.69) is 15.3 Å². The predicted molar refractivity (Wildman–Crippen MR) is 76.1 cm³/mol. The molecule has 0 spiro atoms. The zero-order chi connectivity index (χ0) is 16.8. The molecule has 122 valence electrons. The molecule has 0 bridgehead atoms. The Kier molecular flexibility index (Phi) is 6.27. The number of carbonyl (C=O) groups excluding carboxylic acids is 1. The molecule has 1 amide bonds. The zero-order valence-electron chi connectivity index (χ0n) is 11.6. The molecule has 22 heavy (non-hydrogen) atoms. The summed E-state index contributed by atoms with van der Waals surface area (Å²) < 4.78 is 20.7. The van der Waals surface area contributed by atoms with Crippen molar-refractivity contribution in [3.63, 3.8) is 0 Å². The van der Waals surface area contributed by atoms with Crippen molar-refractivity contribution in [1.82, 2.24) is 20.4 Å². The summed E-state index contributed by atoms with van der Waals surface area (Å²) in [6.45, 7) is 1.08. The first-order valence-corrected chi connectivity index (χ1v) is 7.11. The van der Waals surface area contributed by atoms with Crippen molar-refractivity contribution in [2.24, 2.45) is 10.8 Å². The minimum absolute atomic E-state index is 0.201. The third-order valence-electron chi connectivity index (χ3n) is 2.85.